The first-order valence-corrected chi connectivity index (χ1v) is 8.81. The number of nitrogens with zero attached hydrogens (tertiary/aromatic N) is 2. The molecule has 0 N–H and O–H groups in total. The summed E-state index contributed by atoms with van der Waals surface area (Å²) < 4.78 is 25.8. The Balaban J connectivity index is 1.28. The van der Waals surface area contributed by atoms with E-state index in [2.05, 4.69) is 9.88 Å². The third-order valence-corrected chi connectivity index (χ3v) is 5.27. The topological polar surface area (TPSA) is 34.6 Å². The molecule has 3 heterocycles. The summed E-state index contributed by atoms with van der Waals surface area (Å²) in [5.74, 6) is 0.277. The second kappa shape index (κ2) is 7.20. The van der Waals surface area contributed by atoms with Gasteiger partial charge in [-0.3, -0.25) is 9.88 Å². The Bertz CT molecular complexity index is 704. The van der Waals surface area contributed by atoms with Crippen LogP contribution in [-0.4, -0.2) is 41.8 Å². The molecule has 5 heteroatoms. The van der Waals surface area contributed by atoms with Crippen LogP contribution in [0.3, 0.4) is 0 Å². The van der Waals surface area contributed by atoms with Gasteiger partial charge in [0.2, 0.25) is 0 Å². The highest BCUT2D eigenvalue weighted by Crippen LogP contribution is 2.40. The first-order chi connectivity index (χ1) is 12.3. The quantitative estimate of drug-likeness (QED) is 0.808. The summed E-state index contributed by atoms with van der Waals surface area (Å²) in [4.78, 5) is 6.27. The lowest BCUT2D eigenvalue weighted by molar-refractivity contribution is -0.146. The summed E-state index contributed by atoms with van der Waals surface area (Å²) in [6.07, 6.45) is 4.60. The standard InChI is InChI=1S/C20H23FN2O2/c21-19-4-2-1-3-17(19)11-23-14-20(15-23)18(7-10-25-20)13-24-12-16-5-8-22-9-6-16/h1-6,8-9,18H,7,10-15H2. The van der Waals surface area contributed by atoms with Crippen molar-refractivity contribution in [2.45, 2.75) is 25.2 Å². The van der Waals surface area contributed by atoms with Crippen molar-refractivity contribution in [1.29, 1.82) is 0 Å². The Morgan fingerprint density at radius 3 is 2.80 bits per heavy atom. The van der Waals surface area contributed by atoms with Crippen molar-refractivity contribution in [1.82, 2.24) is 9.88 Å². The van der Waals surface area contributed by atoms with Crippen LogP contribution in [0.2, 0.25) is 0 Å². The van der Waals surface area contributed by atoms with Gasteiger partial charge in [-0.1, -0.05) is 18.2 Å². The third-order valence-electron chi connectivity index (χ3n) is 5.27. The van der Waals surface area contributed by atoms with Gasteiger partial charge in [0.1, 0.15) is 5.82 Å². The smallest absolute Gasteiger partial charge is 0.127 e. The highest BCUT2D eigenvalue weighted by Gasteiger charge is 2.52. The number of hydrogen-bond donors (Lipinski definition) is 0. The number of aromatic nitrogens is 1. The minimum Gasteiger partial charge on any atom is -0.376 e. The van der Waals surface area contributed by atoms with Crippen molar-refractivity contribution in [2.75, 3.05) is 26.3 Å². The van der Waals surface area contributed by atoms with Gasteiger partial charge >= 0.3 is 0 Å². The van der Waals surface area contributed by atoms with Crippen molar-refractivity contribution < 1.29 is 13.9 Å². The van der Waals surface area contributed by atoms with Crippen LogP contribution in [0, 0.1) is 11.7 Å². The van der Waals surface area contributed by atoms with E-state index >= 15 is 0 Å². The number of halogens is 1. The number of rotatable bonds is 6. The summed E-state index contributed by atoms with van der Waals surface area (Å²) in [5.41, 5.74) is 1.78. The van der Waals surface area contributed by atoms with Gasteiger partial charge in [-0.2, -0.15) is 0 Å². The number of pyridine rings is 1. The lowest BCUT2D eigenvalue weighted by Crippen LogP contribution is -2.64. The fourth-order valence-electron chi connectivity index (χ4n) is 3.86. The van der Waals surface area contributed by atoms with E-state index in [0.717, 1.165) is 37.2 Å². The van der Waals surface area contributed by atoms with E-state index in [1.54, 1.807) is 18.5 Å². The van der Waals surface area contributed by atoms with Gasteiger partial charge in [0.05, 0.1) is 18.8 Å². The summed E-state index contributed by atoms with van der Waals surface area (Å²) >= 11 is 0. The Hall–Kier alpha value is -1.82. The maximum atomic E-state index is 13.8. The molecular formula is C20H23FN2O2. The number of hydrogen-bond acceptors (Lipinski definition) is 4. The molecule has 4 nitrogen and oxygen atoms in total. The molecule has 25 heavy (non-hydrogen) atoms. The van der Waals surface area contributed by atoms with Crippen LogP contribution >= 0.6 is 0 Å². The summed E-state index contributed by atoms with van der Waals surface area (Å²) in [6, 6.07) is 10.9. The average molecular weight is 342 g/mol. The number of benzene rings is 1. The van der Waals surface area contributed by atoms with Gasteiger partial charge in [-0.15, -0.1) is 0 Å². The molecule has 0 radical (unpaired) electrons. The zero-order chi connectivity index (χ0) is 17.1. The van der Waals surface area contributed by atoms with Gasteiger partial charge in [-0.25, -0.2) is 4.39 Å². The van der Waals surface area contributed by atoms with E-state index in [0.29, 0.717) is 25.7 Å². The monoisotopic (exact) mass is 342 g/mol. The predicted octanol–water partition coefficient (Wildman–Crippen LogP) is 3.03. The fraction of sp³-hybridized carbons (Fsp3) is 0.450. The van der Waals surface area contributed by atoms with E-state index in [-0.39, 0.29) is 11.4 Å². The van der Waals surface area contributed by atoms with Gasteiger partial charge in [-0.05, 0) is 30.2 Å². The lowest BCUT2D eigenvalue weighted by Gasteiger charge is -2.50. The zero-order valence-electron chi connectivity index (χ0n) is 14.2. The molecule has 132 valence electrons. The molecule has 2 aliphatic heterocycles. The molecule has 1 unspecified atom stereocenters. The SMILES string of the molecule is Fc1ccccc1CN1CC2(C1)OCCC2COCc1ccncc1. The van der Waals surface area contributed by atoms with Crippen LogP contribution in [0.15, 0.2) is 48.8 Å². The van der Waals surface area contributed by atoms with E-state index in [1.165, 1.54) is 6.07 Å². The molecule has 2 aromatic rings. The first-order valence-electron chi connectivity index (χ1n) is 8.81. The molecule has 2 saturated heterocycles. The fourth-order valence-corrected chi connectivity index (χ4v) is 3.86. The largest absolute Gasteiger partial charge is 0.376 e. The number of ether oxygens (including phenoxy) is 2. The van der Waals surface area contributed by atoms with Crippen molar-refractivity contribution in [3.05, 3.63) is 65.7 Å². The molecule has 1 spiro atoms. The first kappa shape index (κ1) is 16.6. The minimum absolute atomic E-state index is 0.108. The Labute approximate surface area is 147 Å². The van der Waals surface area contributed by atoms with Crippen LogP contribution in [0.5, 0.6) is 0 Å². The van der Waals surface area contributed by atoms with Crippen LogP contribution < -0.4 is 0 Å². The van der Waals surface area contributed by atoms with E-state index in [4.69, 9.17) is 9.47 Å². The van der Waals surface area contributed by atoms with Crippen LogP contribution in [0.25, 0.3) is 0 Å². The highest BCUT2D eigenvalue weighted by atomic mass is 19.1. The van der Waals surface area contributed by atoms with Crippen LogP contribution in [0.4, 0.5) is 4.39 Å². The van der Waals surface area contributed by atoms with Gasteiger partial charge in [0.25, 0.3) is 0 Å². The molecule has 1 atom stereocenters. The van der Waals surface area contributed by atoms with E-state index in [9.17, 15) is 4.39 Å². The Morgan fingerprint density at radius 1 is 1.20 bits per heavy atom. The number of likely N-dealkylation sites (tertiary alicyclic amines) is 1. The van der Waals surface area contributed by atoms with E-state index in [1.807, 2.05) is 24.3 Å². The molecule has 1 aromatic heterocycles. The second-order valence-corrected chi connectivity index (χ2v) is 7.01. The van der Waals surface area contributed by atoms with Crippen molar-refractivity contribution in [3.63, 3.8) is 0 Å². The normalized spacial score (nSPS) is 22.2. The molecule has 0 saturated carbocycles. The van der Waals surface area contributed by atoms with Gasteiger partial charge in [0, 0.05) is 50.1 Å². The van der Waals surface area contributed by atoms with Gasteiger partial charge < -0.3 is 9.47 Å². The van der Waals surface area contributed by atoms with Crippen LogP contribution in [0.1, 0.15) is 17.5 Å². The Kier molecular flexibility index (Phi) is 4.79. The van der Waals surface area contributed by atoms with Crippen LogP contribution in [-0.2, 0) is 22.6 Å². The highest BCUT2D eigenvalue weighted by molar-refractivity contribution is 5.18. The zero-order valence-corrected chi connectivity index (χ0v) is 14.2. The molecule has 4 rings (SSSR count). The third kappa shape index (κ3) is 3.59. The van der Waals surface area contributed by atoms with Crippen molar-refractivity contribution in [3.8, 4) is 0 Å². The minimum atomic E-state index is -0.131. The molecular weight excluding hydrogens is 319 g/mol. The summed E-state index contributed by atoms with van der Waals surface area (Å²) in [6.45, 7) is 4.44. The molecule has 0 bridgehead atoms. The van der Waals surface area contributed by atoms with E-state index < -0.39 is 0 Å². The molecule has 1 aromatic carbocycles. The lowest BCUT2D eigenvalue weighted by atomic mass is 9.81. The van der Waals surface area contributed by atoms with Gasteiger partial charge in [0.15, 0.2) is 0 Å². The predicted molar refractivity (Wildman–Crippen MR) is 92.4 cm³/mol. The molecule has 2 aliphatic rings. The summed E-state index contributed by atoms with van der Waals surface area (Å²) in [7, 11) is 0. The second-order valence-electron chi connectivity index (χ2n) is 7.01. The Morgan fingerprint density at radius 2 is 2.00 bits per heavy atom. The average Bonchev–Trinajstić information content (AvgIpc) is 3.01. The molecule has 0 amide bonds. The maximum absolute atomic E-state index is 13.8. The van der Waals surface area contributed by atoms with Crippen molar-refractivity contribution >= 4 is 0 Å². The van der Waals surface area contributed by atoms with Crippen molar-refractivity contribution in [2.24, 2.45) is 5.92 Å². The maximum Gasteiger partial charge on any atom is 0.127 e. The summed E-state index contributed by atoms with van der Waals surface area (Å²) in [5, 5.41) is 0. The molecule has 0 aliphatic carbocycles. The molecule has 2 fully saturated rings.